The number of rotatable bonds is 6. The van der Waals surface area contributed by atoms with Crippen LogP contribution in [0.15, 0.2) is 18.2 Å². The predicted octanol–water partition coefficient (Wildman–Crippen LogP) is 1.86. The minimum Gasteiger partial charge on any atom is -0.504 e. The van der Waals surface area contributed by atoms with Gasteiger partial charge in [-0.15, -0.1) is 0 Å². The Labute approximate surface area is 102 Å². The van der Waals surface area contributed by atoms with Crippen LogP contribution in [0.25, 0.3) is 0 Å². The normalized spacial score (nSPS) is 12.9. The van der Waals surface area contributed by atoms with E-state index in [4.69, 9.17) is 0 Å². The van der Waals surface area contributed by atoms with Crippen LogP contribution in [0.3, 0.4) is 0 Å². The van der Waals surface area contributed by atoms with Crippen molar-refractivity contribution in [3.63, 3.8) is 0 Å². The van der Waals surface area contributed by atoms with Gasteiger partial charge in [-0.2, -0.15) is 0 Å². The highest BCUT2D eigenvalue weighted by atomic mass is 16.3. The number of phenolic OH excluding ortho intramolecular Hbond substituents is 2. The van der Waals surface area contributed by atoms with Gasteiger partial charge in [-0.25, -0.2) is 0 Å². The molecular weight excluding hydrogens is 218 g/mol. The average Bonchev–Trinajstić information content (AvgIpc) is 2.30. The monoisotopic (exact) mass is 239 g/mol. The highest BCUT2D eigenvalue weighted by Gasteiger charge is 2.12. The van der Waals surface area contributed by atoms with Gasteiger partial charge in [-0.1, -0.05) is 19.4 Å². The maximum absolute atomic E-state index is 9.97. The number of likely N-dealkylation sites (N-methyl/N-ethyl adjacent to an activating group) is 1. The van der Waals surface area contributed by atoms with E-state index in [9.17, 15) is 15.3 Å². The van der Waals surface area contributed by atoms with Crippen LogP contribution in [0.1, 0.15) is 31.4 Å². The molecule has 0 aliphatic carbocycles. The van der Waals surface area contributed by atoms with Gasteiger partial charge in [0.15, 0.2) is 11.5 Å². The molecule has 4 heteroatoms. The lowest BCUT2D eigenvalue weighted by Crippen LogP contribution is -2.25. The van der Waals surface area contributed by atoms with Crippen LogP contribution in [-0.2, 0) is 0 Å². The van der Waals surface area contributed by atoms with Crippen molar-refractivity contribution < 1.29 is 15.3 Å². The van der Waals surface area contributed by atoms with E-state index in [1.54, 1.807) is 6.07 Å². The van der Waals surface area contributed by atoms with Crippen molar-refractivity contribution >= 4 is 0 Å². The van der Waals surface area contributed by atoms with Crippen molar-refractivity contribution in [3.8, 4) is 11.5 Å². The third kappa shape index (κ3) is 4.24. The van der Waals surface area contributed by atoms with E-state index in [-0.39, 0.29) is 11.5 Å². The van der Waals surface area contributed by atoms with Crippen LogP contribution in [0.2, 0.25) is 0 Å². The Morgan fingerprint density at radius 3 is 2.53 bits per heavy atom. The zero-order valence-electron chi connectivity index (χ0n) is 10.4. The van der Waals surface area contributed by atoms with Gasteiger partial charge in [0.2, 0.25) is 0 Å². The van der Waals surface area contributed by atoms with Gasteiger partial charge in [0.25, 0.3) is 0 Å². The lowest BCUT2D eigenvalue weighted by atomic mass is 10.1. The Hall–Kier alpha value is -1.26. The molecule has 0 aliphatic rings. The topological polar surface area (TPSA) is 63.9 Å². The summed E-state index contributed by atoms with van der Waals surface area (Å²) < 4.78 is 0. The van der Waals surface area contributed by atoms with Gasteiger partial charge >= 0.3 is 0 Å². The van der Waals surface area contributed by atoms with Crippen molar-refractivity contribution in [3.05, 3.63) is 23.8 Å². The first-order chi connectivity index (χ1) is 8.04. The molecule has 1 rings (SSSR count). The number of phenols is 2. The number of aliphatic hydroxyl groups is 1. The maximum Gasteiger partial charge on any atom is 0.157 e. The van der Waals surface area contributed by atoms with Gasteiger partial charge < -0.3 is 20.2 Å². The molecule has 4 nitrogen and oxygen atoms in total. The molecule has 0 heterocycles. The maximum atomic E-state index is 9.97. The minimum atomic E-state index is -0.650. The fourth-order valence-corrected chi connectivity index (χ4v) is 1.67. The van der Waals surface area contributed by atoms with Gasteiger partial charge in [0, 0.05) is 6.54 Å². The fraction of sp³-hybridized carbons (Fsp3) is 0.538. The molecule has 0 aromatic heterocycles. The quantitative estimate of drug-likeness (QED) is 0.663. The predicted molar refractivity (Wildman–Crippen MR) is 67.1 cm³/mol. The van der Waals surface area contributed by atoms with E-state index in [1.807, 2.05) is 7.05 Å². The van der Waals surface area contributed by atoms with E-state index < -0.39 is 6.10 Å². The van der Waals surface area contributed by atoms with E-state index >= 15 is 0 Å². The van der Waals surface area contributed by atoms with Gasteiger partial charge in [0.1, 0.15) is 0 Å². The second-order valence-electron chi connectivity index (χ2n) is 4.38. The van der Waals surface area contributed by atoms with E-state index in [0.29, 0.717) is 12.1 Å². The lowest BCUT2D eigenvalue weighted by Gasteiger charge is -2.20. The SMILES string of the molecule is CCCCN(C)CC(O)c1ccc(O)c(O)c1. The summed E-state index contributed by atoms with van der Waals surface area (Å²) in [5, 5.41) is 28.5. The average molecular weight is 239 g/mol. The molecule has 0 saturated carbocycles. The summed E-state index contributed by atoms with van der Waals surface area (Å²) >= 11 is 0. The molecule has 1 aromatic carbocycles. The minimum absolute atomic E-state index is 0.166. The molecule has 0 amide bonds. The molecule has 0 bridgehead atoms. The summed E-state index contributed by atoms with van der Waals surface area (Å²) in [6.45, 7) is 3.59. The van der Waals surface area contributed by atoms with Crippen LogP contribution < -0.4 is 0 Å². The van der Waals surface area contributed by atoms with Crippen LogP contribution in [-0.4, -0.2) is 40.4 Å². The molecule has 0 fully saturated rings. The first-order valence-corrected chi connectivity index (χ1v) is 5.93. The molecule has 0 aliphatic heterocycles. The number of benzene rings is 1. The highest BCUT2D eigenvalue weighted by Crippen LogP contribution is 2.27. The Balaban J connectivity index is 2.57. The molecule has 96 valence electrons. The molecule has 0 radical (unpaired) electrons. The molecule has 3 N–H and O–H groups in total. The summed E-state index contributed by atoms with van der Waals surface area (Å²) in [6.07, 6.45) is 1.58. The van der Waals surface area contributed by atoms with Crippen LogP contribution in [0.5, 0.6) is 11.5 Å². The summed E-state index contributed by atoms with van der Waals surface area (Å²) in [6, 6.07) is 4.40. The van der Waals surface area contributed by atoms with Gasteiger partial charge in [0.05, 0.1) is 6.10 Å². The second kappa shape index (κ2) is 6.47. The molecule has 17 heavy (non-hydrogen) atoms. The smallest absolute Gasteiger partial charge is 0.157 e. The van der Waals surface area contributed by atoms with Crippen molar-refractivity contribution in [2.75, 3.05) is 20.1 Å². The zero-order valence-corrected chi connectivity index (χ0v) is 10.4. The van der Waals surface area contributed by atoms with Crippen molar-refractivity contribution in [2.24, 2.45) is 0 Å². The van der Waals surface area contributed by atoms with Crippen molar-refractivity contribution in [2.45, 2.75) is 25.9 Å². The standard InChI is InChI=1S/C13H21NO3/c1-3-4-7-14(2)9-13(17)10-5-6-11(15)12(16)8-10/h5-6,8,13,15-17H,3-4,7,9H2,1-2H3. The van der Waals surface area contributed by atoms with Gasteiger partial charge in [-0.3, -0.25) is 0 Å². The van der Waals surface area contributed by atoms with Crippen LogP contribution in [0, 0.1) is 0 Å². The molecule has 0 saturated heterocycles. The first-order valence-electron chi connectivity index (χ1n) is 5.93. The number of aliphatic hydroxyl groups excluding tert-OH is 1. The number of hydrogen-bond acceptors (Lipinski definition) is 4. The van der Waals surface area contributed by atoms with Crippen LogP contribution >= 0.6 is 0 Å². The number of hydrogen-bond donors (Lipinski definition) is 3. The number of nitrogens with zero attached hydrogens (tertiary/aromatic N) is 1. The highest BCUT2D eigenvalue weighted by molar-refractivity contribution is 5.41. The Kier molecular flexibility index (Phi) is 5.25. The molecule has 1 atom stereocenters. The zero-order chi connectivity index (χ0) is 12.8. The second-order valence-corrected chi connectivity index (χ2v) is 4.38. The van der Waals surface area contributed by atoms with E-state index in [1.165, 1.54) is 12.1 Å². The Bertz CT molecular complexity index is 355. The van der Waals surface area contributed by atoms with Crippen molar-refractivity contribution in [1.82, 2.24) is 4.90 Å². The molecule has 1 aromatic rings. The molecular formula is C13H21NO3. The summed E-state index contributed by atoms with van der Waals surface area (Å²) in [4.78, 5) is 2.05. The first kappa shape index (κ1) is 13.8. The Morgan fingerprint density at radius 2 is 1.94 bits per heavy atom. The van der Waals surface area contributed by atoms with Gasteiger partial charge in [-0.05, 0) is 37.7 Å². The van der Waals surface area contributed by atoms with E-state index in [2.05, 4.69) is 11.8 Å². The summed E-state index contributed by atoms with van der Waals surface area (Å²) in [5.74, 6) is -0.363. The van der Waals surface area contributed by atoms with Crippen molar-refractivity contribution in [1.29, 1.82) is 0 Å². The molecule has 0 spiro atoms. The Morgan fingerprint density at radius 1 is 1.24 bits per heavy atom. The number of aromatic hydroxyl groups is 2. The van der Waals surface area contributed by atoms with Crippen LogP contribution in [0.4, 0.5) is 0 Å². The lowest BCUT2D eigenvalue weighted by molar-refractivity contribution is 0.126. The third-order valence-corrected chi connectivity index (χ3v) is 2.76. The fourth-order valence-electron chi connectivity index (χ4n) is 1.67. The third-order valence-electron chi connectivity index (χ3n) is 2.76. The van der Waals surface area contributed by atoms with E-state index in [0.717, 1.165) is 19.4 Å². The summed E-state index contributed by atoms with van der Waals surface area (Å²) in [5.41, 5.74) is 0.614. The summed E-state index contributed by atoms with van der Waals surface area (Å²) in [7, 11) is 1.96. The number of unbranched alkanes of at least 4 members (excludes halogenated alkanes) is 1. The largest absolute Gasteiger partial charge is 0.504 e. The molecule has 1 unspecified atom stereocenters.